The van der Waals surface area contributed by atoms with E-state index >= 15 is 0 Å². The van der Waals surface area contributed by atoms with Gasteiger partial charge in [0.2, 0.25) is 5.91 Å². The van der Waals surface area contributed by atoms with Crippen molar-refractivity contribution in [2.45, 2.75) is 19.3 Å². The normalized spacial score (nSPS) is 12.0. The average Bonchev–Trinajstić information content (AvgIpc) is 2.99. The molecule has 3 aromatic rings. The molecule has 0 saturated heterocycles. The Labute approximate surface area is 150 Å². The van der Waals surface area contributed by atoms with Crippen molar-refractivity contribution in [1.82, 2.24) is 0 Å². The summed E-state index contributed by atoms with van der Waals surface area (Å²) < 4.78 is 0. The molecule has 0 saturated carbocycles. The second-order valence-corrected chi connectivity index (χ2v) is 7.11. The van der Waals surface area contributed by atoms with E-state index in [4.69, 9.17) is 0 Å². The molecule has 1 heterocycles. The number of hydrogen-bond acceptors (Lipinski definition) is 3. The Balaban J connectivity index is 1.65. The van der Waals surface area contributed by atoms with E-state index in [2.05, 4.69) is 23.5 Å². The highest BCUT2D eigenvalue weighted by atomic mass is 32.1. The number of hydrogen-bond donors (Lipinski definition) is 1. The van der Waals surface area contributed by atoms with E-state index in [0.29, 0.717) is 17.0 Å². The largest absolute Gasteiger partial charge is 0.316 e. The molecule has 0 atom stereocenters. The number of carbonyl (C=O) groups is 1. The predicted octanol–water partition coefficient (Wildman–Crippen LogP) is 4.57. The van der Waals surface area contributed by atoms with Gasteiger partial charge < -0.3 is 5.32 Å². The van der Waals surface area contributed by atoms with E-state index in [0.717, 1.165) is 28.8 Å². The Morgan fingerprint density at radius 1 is 1.08 bits per heavy atom. The number of nitriles is 1. The first-order valence-electron chi connectivity index (χ1n) is 8.24. The van der Waals surface area contributed by atoms with Gasteiger partial charge in [0.25, 0.3) is 0 Å². The summed E-state index contributed by atoms with van der Waals surface area (Å²) in [5.41, 5.74) is 5.15. The van der Waals surface area contributed by atoms with E-state index < -0.39 is 0 Å². The van der Waals surface area contributed by atoms with Crippen LogP contribution < -0.4 is 5.32 Å². The summed E-state index contributed by atoms with van der Waals surface area (Å²) in [6.45, 7) is 0. The molecular weight excluding hydrogens is 328 g/mol. The minimum Gasteiger partial charge on any atom is -0.316 e. The number of amides is 1. The minimum atomic E-state index is -0.0883. The standard InChI is InChI=1S/C21H16N2OS/c22-13-18-17-11-10-15-8-4-5-9-16(15)20(17)25-21(18)23-19(24)12-14-6-2-1-3-7-14/h1-9H,10-12H2,(H,23,24). The molecule has 4 rings (SSSR count). The molecule has 2 aromatic carbocycles. The van der Waals surface area contributed by atoms with Crippen LogP contribution in [-0.2, 0) is 24.1 Å². The topological polar surface area (TPSA) is 52.9 Å². The van der Waals surface area contributed by atoms with Gasteiger partial charge in [-0.2, -0.15) is 5.26 Å². The van der Waals surface area contributed by atoms with E-state index in [9.17, 15) is 10.1 Å². The summed E-state index contributed by atoms with van der Waals surface area (Å²) in [5, 5.41) is 13.2. The number of anilines is 1. The summed E-state index contributed by atoms with van der Waals surface area (Å²) in [6.07, 6.45) is 2.09. The van der Waals surface area contributed by atoms with Crippen molar-refractivity contribution >= 4 is 22.2 Å². The van der Waals surface area contributed by atoms with E-state index in [-0.39, 0.29) is 5.91 Å². The zero-order chi connectivity index (χ0) is 17.2. The number of nitrogens with zero attached hydrogens (tertiary/aromatic N) is 1. The quantitative estimate of drug-likeness (QED) is 0.757. The van der Waals surface area contributed by atoms with Crippen LogP contribution in [0.1, 0.15) is 22.3 Å². The lowest BCUT2D eigenvalue weighted by atomic mass is 9.90. The summed E-state index contributed by atoms with van der Waals surface area (Å²) in [4.78, 5) is 13.5. The molecule has 0 bridgehead atoms. The Kier molecular flexibility index (Phi) is 4.09. The summed E-state index contributed by atoms with van der Waals surface area (Å²) in [7, 11) is 0. The van der Waals surface area contributed by atoms with Crippen LogP contribution in [0.5, 0.6) is 0 Å². The van der Waals surface area contributed by atoms with Gasteiger partial charge in [-0.25, -0.2) is 0 Å². The maximum atomic E-state index is 12.4. The van der Waals surface area contributed by atoms with Crippen molar-refractivity contribution in [3.8, 4) is 16.5 Å². The number of nitrogens with one attached hydrogen (secondary N) is 1. The lowest BCUT2D eigenvalue weighted by molar-refractivity contribution is -0.115. The molecule has 0 aliphatic heterocycles. The molecule has 1 N–H and O–H groups in total. The Hall–Kier alpha value is -2.90. The predicted molar refractivity (Wildman–Crippen MR) is 101 cm³/mol. The molecule has 3 nitrogen and oxygen atoms in total. The second kappa shape index (κ2) is 6.54. The lowest BCUT2D eigenvalue weighted by Gasteiger charge is -2.15. The first-order valence-corrected chi connectivity index (χ1v) is 9.05. The molecular formula is C21H16N2OS. The Morgan fingerprint density at radius 3 is 2.64 bits per heavy atom. The Morgan fingerprint density at radius 2 is 1.84 bits per heavy atom. The van der Waals surface area contributed by atoms with Crippen molar-refractivity contribution in [2.24, 2.45) is 0 Å². The molecule has 0 unspecified atom stereocenters. The van der Waals surface area contributed by atoms with Crippen LogP contribution in [0.2, 0.25) is 0 Å². The average molecular weight is 344 g/mol. The van der Waals surface area contributed by atoms with Gasteiger partial charge in [0.05, 0.1) is 12.0 Å². The molecule has 1 aromatic heterocycles. The monoisotopic (exact) mass is 344 g/mol. The van der Waals surface area contributed by atoms with E-state index in [1.54, 1.807) is 0 Å². The van der Waals surface area contributed by atoms with Crippen LogP contribution in [0.15, 0.2) is 54.6 Å². The lowest BCUT2D eigenvalue weighted by Crippen LogP contribution is -2.14. The first-order chi connectivity index (χ1) is 12.3. The van der Waals surface area contributed by atoms with Crippen molar-refractivity contribution in [2.75, 3.05) is 5.32 Å². The Bertz CT molecular complexity index is 983. The molecule has 1 amide bonds. The fourth-order valence-corrected chi connectivity index (χ4v) is 4.58. The number of carbonyl (C=O) groups excluding carboxylic acids is 1. The van der Waals surface area contributed by atoms with Crippen LogP contribution in [-0.4, -0.2) is 5.91 Å². The van der Waals surface area contributed by atoms with Gasteiger partial charge in [0.15, 0.2) is 0 Å². The fourth-order valence-electron chi connectivity index (χ4n) is 3.30. The van der Waals surface area contributed by atoms with Crippen molar-refractivity contribution < 1.29 is 4.79 Å². The van der Waals surface area contributed by atoms with Crippen LogP contribution in [0, 0.1) is 11.3 Å². The SMILES string of the molecule is N#Cc1c(NC(=O)Cc2ccccc2)sc2c1CCc1ccccc1-2. The number of benzene rings is 2. The van der Waals surface area contributed by atoms with E-state index in [1.807, 2.05) is 42.5 Å². The molecule has 1 aliphatic carbocycles. The highest BCUT2D eigenvalue weighted by Gasteiger charge is 2.25. The molecule has 1 aliphatic rings. The van der Waals surface area contributed by atoms with Gasteiger partial charge in [0.1, 0.15) is 11.1 Å². The van der Waals surface area contributed by atoms with Gasteiger partial charge in [-0.05, 0) is 35.1 Å². The van der Waals surface area contributed by atoms with Gasteiger partial charge in [-0.15, -0.1) is 11.3 Å². The van der Waals surface area contributed by atoms with Crippen LogP contribution in [0.4, 0.5) is 5.00 Å². The third-order valence-corrected chi connectivity index (χ3v) is 5.67. The molecule has 0 spiro atoms. The fraction of sp³-hybridized carbons (Fsp3) is 0.143. The van der Waals surface area contributed by atoms with Gasteiger partial charge >= 0.3 is 0 Å². The van der Waals surface area contributed by atoms with Crippen LogP contribution in [0.3, 0.4) is 0 Å². The van der Waals surface area contributed by atoms with Gasteiger partial charge in [-0.3, -0.25) is 4.79 Å². The summed E-state index contributed by atoms with van der Waals surface area (Å²) in [6, 6.07) is 20.2. The third-order valence-electron chi connectivity index (χ3n) is 4.49. The van der Waals surface area contributed by atoms with Crippen molar-refractivity contribution in [3.05, 3.63) is 76.9 Å². The molecule has 0 fully saturated rings. The van der Waals surface area contributed by atoms with Gasteiger partial charge in [0, 0.05) is 4.88 Å². The summed E-state index contributed by atoms with van der Waals surface area (Å²) >= 11 is 1.51. The molecule has 0 radical (unpaired) electrons. The van der Waals surface area contributed by atoms with Gasteiger partial charge in [-0.1, -0.05) is 54.6 Å². The maximum absolute atomic E-state index is 12.4. The van der Waals surface area contributed by atoms with Crippen molar-refractivity contribution in [1.29, 1.82) is 5.26 Å². The molecule has 25 heavy (non-hydrogen) atoms. The highest BCUT2D eigenvalue weighted by molar-refractivity contribution is 7.20. The second-order valence-electron chi connectivity index (χ2n) is 6.09. The highest BCUT2D eigenvalue weighted by Crippen LogP contribution is 2.44. The van der Waals surface area contributed by atoms with E-state index in [1.165, 1.54) is 22.5 Å². The zero-order valence-electron chi connectivity index (χ0n) is 13.6. The summed E-state index contributed by atoms with van der Waals surface area (Å²) in [5.74, 6) is -0.0883. The number of thiophene rings is 1. The number of aryl methyl sites for hydroxylation is 1. The smallest absolute Gasteiger partial charge is 0.229 e. The van der Waals surface area contributed by atoms with Crippen LogP contribution in [0.25, 0.3) is 10.4 Å². The maximum Gasteiger partial charge on any atom is 0.229 e. The third kappa shape index (κ3) is 2.95. The number of fused-ring (bicyclic) bond motifs is 3. The number of rotatable bonds is 3. The molecule has 122 valence electrons. The molecule has 4 heteroatoms. The van der Waals surface area contributed by atoms with Crippen molar-refractivity contribution in [3.63, 3.8) is 0 Å². The van der Waals surface area contributed by atoms with Crippen LogP contribution >= 0.6 is 11.3 Å². The first kappa shape index (κ1) is 15.6. The minimum absolute atomic E-state index is 0.0883. The zero-order valence-corrected chi connectivity index (χ0v) is 14.4.